The molecular weight excluding hydrogens is 289 g/mol. The lowest BCUT2D eigenvalue weighted by atomic mass is 10.3. The lowest BCUT2D eigenvalue weighted by molar-refractivity contribution is 0.0112. The van der Waals surface area contributed by atoms with Crippen LogP contribution in [0, 0.1) is 5.82 Å². The van der Waals surface area contributed by atoms with Crippen LogP contribution in [0.3, 0.4) is 0 Å². The maximum absolute atomic E-state index is 13.0. The van der Waals surface area contributed by atoms with Crippen LogP contribution in [0.4, 0.5) is 10.1 Å². The molecule has 5 heteroatoms. The smallest absolute Gasteiger partial charge is 0.137 e. The van der Waals surface area contributed by atoms with Crippen molar-refractivity contribution in [3.8, 4) is 0 Å². The lowest BCUT2D eigenvalue weighted by Gasteiger charge is -2.15. The van der Waals surface area contributed by atoms with Gasteiger partial charge in [0.2, 0.25) is 0 Å². The third-order valence-corrected chi connectivity index (χ3v) is 2.69. The molecule has 96 valence electrons. The maximum atomic E-state index is 13.0. The third-order valence-electron chi connectivity index (χ3n) is 2.08. The molecular formula is C12H17BrFNO2. The average Bonchev–Trinajstić information content (AvgIpc) is 2.28. The normalized spacial score (nSPS) is 12.8. The van der Waals surface area contributed by atoms with Gasteiger partial charge in [-0.05, 0) is 48.0 Å². The molecule has 0 heterocycles. The first-order chi connectivity index (χ1) is 7.99. The van der Waals surface area contributed by atoms with Crippen LogP contribution in [0.25, 0.3) is 0 Å². The summed E-state index contributed by atoms with van der Waals surface area (Å²) in [6.45, 7) is 4.48. The van der Waals surface area contributed by atoms with Crippen LogP contribution >= 0.6 is 15.9 Å². The second kappa shape index (κ2) is 6.93. The average molecular weight is 306 g/mol. The maximum Gasteiger partial charge on any atom is 0.137 e. The molecule has 0 spiro atoms. The van der Waals surface area contributed by atoms with Gasteiger partial charge in [0, 0.05) is 12.2 Å². The predicted octanol–water partition coefficient (Wildman–Crippen LogP) is 2.79. The molecule has 1 aromatic carbocycles. The Morgan fingerprint density at radius 1 is 1.47 bits per heavy atom. The Hall–Kier alpha value is -0.650. The Morgan fingerprint density at radius 2 is 2.18 bits per heavy atom. The van der Waals surface area contributed by atoms with Gasteiger partial charge in [-0.1, -0.05) is 0 Å². The van der Waals surface area contributed by atoms with Crippen LogP contribution in [0.15, 0.2) is 22.7 Å². The van der Waals surface area contributed by atoms with Crippen molar-refractivity contribution in [2.24, 2.45) is 0 Å². The van der Waals surface area contributed by atoms with Gasteiger partial charge in [-0.2, -0.15) is 0 Å². The Bertz CT molecular complexity index is 360. The zero-order valence-corrected chi connectivity index (χ0v) is 11.5. The van der Waals surface area contributed by atoms with E-state index in [4.69, 9.17) is 4.74 Å². The van der Waals surface area contributed by atoms with Gasteiger partial charge in [0.25, 0.3) is 0 Å². The highest BCUT2D eigenvalue weighted by atomic mass is 79.9. The first-order valence-electron chi connectivity index (χ1n) is 5.47. The summed E-state index contributed by atoms with van der Waals surface area (Å²) in [5.74, 6) is -0.306. The summed E-state index contributed by atoms with van der Waals surface area (Å²) >= 11 is 3.10. The van der Waals surface area contributed by atoms with Crippen molar-refractivity contribution < 1.29 is 14.2 Å². The molecule has 0 fully saturated rings. The second-order valence-corrected chi connectivity index (χ2v) is 4.90. The highest BCUT2D eigenvalue weighted by Crippen LogP contribution is 2.19. The van der Waals surface area contributed by atoms with E-state index in [1.165, 1.54) is 6.07 Å². The quantitative estimate of drug-likeness (QED) is 0.849. The lowest BCUT2D eigenvalue weighted by Crippen LogP contribution is -2.26. The summed E-state index contributed by atoms with van der Waals surface area (Å²) < 4.78 is 18.6. The molecule has 0 aromatic heterocycles. The van der Waals surface area contributed by atoms with Gasteiger partial charge in [-0.3, -0.25) is 0 Å². The standard InChI is InChI=1S/C12H17BrFNO2/c1-8(2)17-7-10(16)6-15-9-3-4-12(14)11(13)5-9/h3-5,8,10,15-16H,6-7H2,1-2H3/t10-/m1/s1. The molecule has 0 bridgehead atoms. The van der Waals surface area contributed by atoms with E-state index in [1.54, 1.807) is 12.1 Å². The highest BCUT2D eigenvalue weighted by molar-refractivity contribution is 9.10. The SMILES string of the molecule is CC(C)OC[C@H](O)CNc1ccc(F)c(Br)c1. The zero-order valence-electron chi connectivity index (χ0n) is 9.91. The number of halogens is 2. The molecule has 17 heavy (non-hydrogen) atoms. The molecule has 0 saturated heterocycles. The largest absolute Gasteiger partial charge is 0.389 e. The Balaban J connectivity index is 2.36. The van der Waals surface area contributed by atoms with Crippen molar-refractivity contribution in [1.29, 1.82) is 0 Å². The fraction of sp³-hybridized carbons (Fsp3) is 0.500. The van der Waals surface area contributed by atoms with Gasteiger partial charge in [0.15, 0.2) is 0 Å². The van der Waals surface area contributed by atoms with E-state index in [0.717, 1.165) is 5.69 Å². The first-order valence-corrected chi connectivity index (χ1v) is 6.27. The van der Waals surface area contributed by atoms with Crippen LogP contribution in [0.1, 0.15) is 13.8 Å². The predicted molar refractivity (Wildman–Crippen MR) is 69.7 cm³/mol. The monoisotopic (exact) mass is 305 g/mol. The van der Waals surface area contributed by atoms with Crippen LogP contribution < -0.4 is 5.32 Å². The van der Waals surface area contributed by atoms with E-state index in [-0.39, 0.29) is 18.5 Å². The summed E-state index contributed by atoms with van der Waals surface area (Å²) in [7, 11) is 0. The van der Waals surface area contributed by atoms with Crippen molar-refractivity contribution in [1.82, 2.24) is 0 Å². The third kappa shape index (κ3) is 5.48. The number of aliphatic hydroxyl groups is 1. The van der Waals surface area contributed by atoms with Crippen molar-refractivity contribution in [3.05, 3.63) is 28.5 Å². The van der Waals surface area contributed by atoms with E-state index in [9.17, 15) is 9.50 Å². The molecule has 3 nitrogen and oxygen atoms in total. The zero-order chi connectivity index (χ0) is 12.8. The number of anilines is 1. The van der Waals surface area contributed by atoms with Crippen LogP contribution in [0.2, 0.25) is 0 Å². The number of aliphatic hydroxyl groups excluding tert-OH is 1. The van der Waals surface area contributed by atoms with Crippen LogP contribution in [-0.2, 0) is 4.74 Å². The van der Waals surface area contributed by atoms with Crippen molar-refractivity contribution >= 4 is 21.6 Å². The number of rotatable bonds is 6. The minimum Gasteiger partial charge on any atom is -0.389 e. The summed E-state index contributed by atoms with van der Waals surface area (Å²) in [5.41, 5.74) is 0.752. The van der Waals surface area contributed by atoms with E-state index in [2.05, 4.69) is 21.2 Å². The Labute approximate surface area is 109 Å². The molecule has 2 N–H and O–H groups in total. The second-order valence-electron chi connectivity index (χ2n) is 4.05. The fourth-order valence-electron chi connectivity index (χ4n) is 1.20. The summed E-state index contributed by atoms with van der Waals surface area (Å²) in [4.78, 5) is 0. The number of nitrogens with one attached hydrogen (secondary N) is 1. The minimum absolute atomic E-state index is 0.101. The first kappa shape index (κ1) is 14.4. The van der Waals surface area contributed by atoms with Gasteiger partial charge in [0.05, 0.1) is 23.3 Å². The van der Waals surface area contributed by atoms with Gasteiger partial charge in [0.1, 0.15) is 5.82 Å². The molecule has 0 aliphatic rings. The molecule has 0 aliphatic carbocycles. The van der Waals surface area contributed by atoms with Crippen molar-refractivity contribution in [3.63, 3.8) is 0 Å². The molecule has 1 rings (SSSR count). The van der Waals surface area contributed by atoms with E-state index in [1.807, 2.05) is 13.8 Å². The Morgan fingerprint density at radius 3 is 2.76 bits per heavy atom. The summed E-state index contributed by atoms with van der Waals surface area (Å²) in [6.07, 6.45) is -0.481. The van der Waals surface area contributed by atoms with E-state index < -0.39 is 6.10 Å². The molecule has 0 aliphatic heterocycles. The molecule has 0 unspecified atom stereocenters. The molecule has 0 amide bonds. The van der Waals surface area contributed by atoms with Crippen molar-refractivity contribution in [2.75, 3.05) is 18.5 Å². The number of hydrogen-bond donors (Lipinski definition) is 2. The number of benzene rings is 1. The van der Waals surface area contributed by atoms with Gasteiger partial charge < -0.3 is 15.2 Å². The fourth-order valence-corrected chi connectivity index (χ4v) is 1.58. The molecule has 0 saturated carbocycles. The summed E-state index contributed by atoms with van der Waals surface area (Å²) in [5, 5.41) is 12.6. The summed E-state index contributed by atoms with van der Waals surface area (Å²) in [6, 6.07) is 4.62. The highest BCUT2D eigenvalue weighted by Gasteiger charge is 2.06. The van der Waals surface area contributed by atoms with Crippen molar-refractivity contribution in [2.45, 2.75) is 26.1 Å². The van der Waals surface area contributed by atoms with E-state index in [0.29, 0.717) is 11.0 Å². The van der Waals surface area contributed by atoms with E-state index >= 15 is 0 Å². The topological polar surface area (TPSA) is 41.5 Å². The van der Waals surface area contributed by atoms with Crippen LogP contribution in [-0.4, -0.2) is 30.5 Å². The molecule has 1 aromatic rings. The number of hydrogen-bond acceptors (Lipinski definition) is 3. The minimum atomic E-state index is -0.582. The Kier molecular flexibility index (Phi) is 5.88. The molecule has 0 radical (unpaired) electrons. The van der Waals surface area contributed by atoms with Gasteiger partial charge >= 0.3 is 0 Å². The number of ether oxygens (including phenoxy) is 1. The van der Waals surface area contributed by atoms with Gasteiger partial charge in [-0.15, -0.1) is 0 Å². The van der Waals surface area contributed by atoms with Crippen LogP contribution in [0.5, 0.6) is 0 Å². The molecule has 1 atom stereocenters. The van der Waals surface area contributed by atoms with Gasteiger partial charge in [-0.25, -0.2) is 4.39 Å².